The highest BCUT2D eigenvalue weighted by molar-refractivity contribution is 7.91. The number of rotatable bonds is 5. The molecule has 1 aromatic rings. The topological polar surface area (TPSA) is 86.5 Å². The van der Waals surface area contributed by atoms with Crippen molar-refractivity contribution in [2.75, 3.05) is 12.9 Å². The normalized spacial score (nSPS) is 11.1. The smallest absolute Gasteiger partial charge is 0.218 e. The van der Waals surface area contributed by atoms with E-state index in [1.165, 1.54) is 19.2 Å². The molecule has 0 aliphatic rings. The molecule has 0 saturated carbocycles. The van der Waals surface area contributed by atoms with Gasteiger partial charge in [-0.1, -0.05) is 0 Å². The second kappa shape index (κ2) is 4.98. The molecule has 16 heavy (non-hydrogen) atoms. The van der Waals surface area contributed by atoms with Crippen LogP contribution in [0.4, 0.5) is 0 Å². The first-order valence-electron chi connectivity index (χ1n) is 4.61. The fourth-order valence-corrected chi connectivity index (χ4v) is 2.39. The van der Waals surface area contributed by atoms with Crippen molar-refractivity contribution in [3.63, 3.8) is 0 Å². The van der Waals surface area contributed by atoms with Crippen LogP contribution in [0.3, 0.4) is 0 Å². The molecule has 0 unspecified atom stereocenters. The Labute approximate surface area is 94.1 Å². The third-order valence-corrected chi connectivity index (χ3v) is 3.77. The van der Waals surface area contributed by atoms with Crippen molar-refractivity contribution in [2.24, 2.45) is 5.73 Å². The lowest BCUT2D eigenvalue weighted by atomic mass is 10.3. The summed E-state index contributed by atoms with van der Waals surface area (Å²) < 4.78 is 28.3. The van der Waals surface area contributed by atoms with Crippen LogP contribution < -0.4 is 10.5 Å². The van der Waals surface area contributed by atoms with Crippen LogP contribution in [0.25, 0.3) is 0 Å². The van der Waals surface area contributed by atoms with E-state index in [-0.39, 0.29) is 17.1 Å². The van der Waals surface area contributed by atoms with Gasteiger partial charge < -0.3 is 10.5 Å². The van der Waals surface area contributed by atoms with Crippen LogP contribution >= 0.6 is 0 Å². The lowest BCUT2D eigenvalue weighted by molar-refractivity contribution is -0.117. The Morgan fingerprint density at radius 1 is 1.31 bits per heavy atom. The molecule has 0 heterocycles. The van der Waals surface area contributed by atoms with Gasteiger partial charge in [0.05, 0.1) is 17.8 Å². The summed E-state index contributed by atoms with van der Waals surface area (Å²) in [4.78, 5) is 10.7. The van der Waals surface area contributed by atoms with Gasteiger partial charge in [-0.25, -0.2) is 8.42 Å². The highest BCUT2D eigenvalue weighted by atomic mass is 32.2. The van der Waals surface area contributed by atoms with Crippen LogP contribution in [0.2, 0.25) is 0 Å². The maximum absolute atomic E-state index is 11.7. The molecule has 88 valence electrons. The zero-order chi connectivity index (χ0) is 12.2. The van der Waals surface area contributed by atoms with Crippen LogP contribution in [0.5, 0.6) is 5.75 Å². The summed E-state index contributed by atoms with van der Waals surface area (Å²) >= 11 is 0. The Bertz CT molecular complexity index is 464. The van der Waals surface area contributed by atoms with Crippen molar-refractivity contribution in [3.8, 4) is 5.75 Å². The SMILES string of the molecule is COc1ccc(S(=O)(=O)CCC(N)=O)cc1. The Morgan fingerprint density at radius 2 is 1.88 bits per heavy atom. The molecule has 0 spiro atoms. The van der Waals surface area contributed by atoms with Crippen molar-refractivity contribution in [1.82, 2.24) is 0 Å². The van der Waals surface area contributed by atoms with Crippen LogP contribution in [-0.2, 0) is 14.6 Å². The Balaban J connectivity index is 2.85. The Morgan fingerprint density at radius 3 is 2.31 bits per heavy atom. The maximum atomic E-state index is 11.7. The molecule has 0 atom stereocenters. The highest BCUT2D eigenvalue weighted by Crippen LogP contribution is 2.16. The first-order valence-corrected chi connectivity index (χ1v) is 6.26. The van der Waals surface area contributed by atoms with Gasteiger partial charge in [-0.05, 0) is 24.3 Å². The molecular formula is C10H13NO4S. The highest BCUT2D eigenvalue weighted by Gasteiger charge is 2.15. The summed E-state index contributed by atoms with van der Waals surface area (Å²) in [6, 6.07) is 5.98. The minimum Gasteiger partial charge on any atom is -0.497 e. The molecule has 6 heteroatoms. The lowest BCUT2D eigenvalue weighted by Crippen LogP contribution is -2.17. The Kier molecular flexibility index (Phi) is 3.89. The standard InChI is InChI=1S/C10H13NO4S/c1-15-8-2-4-9(5-3-8)16(13,14)7-6-10(11)12/h2-5H,6-7H2,1H3,(H2,11,12). The lowest BCUT2D eigenvalue weighted by Gasteiger charge is -2.04. The molecule has 1 aromatic carbocycles. The number of carbonyl (C=O) groups excluding carboxylic acids is 1. The molecule has 0 bridgehead atoms. The molecule has 2 N–H and O–H groups in total. The number of nitrogens with two attached hydrogens (primary N) is 1. The van der Waals surface area contributed by atoms with Crippen molar-refractivity contribution in [1.29, 1.82) is 0 Å². The van der Waals surface area contributed by atoms with Gasteiger partial charge in [0.25, 0.3) is 0 Å². The summed E-state index contributed by atoms with van der Waals surface area (Å²) in [7, 11) is -1.94. The van der Waals surface area contributed by atoms with Gasteiger partial charge in [0, 0.05) is 6.42 Å². The number of amides is 1. The monoisotopic (exact) mass is 243 g/mol. The number of carbonyl (C=O) groups is 1. The average molecular weight is 243 g/mol. The molecular weight excluding hydrogens is 230 g/mol. The van der Waals surface area contributed by atoms with Gasteiger partial charge in [0.1, 0.15) is 5.75 Å². The average Bonchev–Trinajstić information content (AvgIpc) is 2.27. The fraction of sp³-hybridized carbons (Fsp3) is 0.300. The second-order valence-corrected chi connectivity index (χ2v) is 5.32. The Hall–Kier alpha value is -1.56. The molecule has 0 saturated heterocycles. The predicted molar refractivity (Wildman–Crippen MR) is 58.9 cm³/mol. The van der Waals surface area contributed by atoms with Gasteiger partial charge in [-0.3, -0.25) is 4.79 Å². The molecule has 1 amide bonds. The quantitative estimate of drug-likeness (QED) is 0.808. The zero-order valence-electron chi connectivity index (χ0n) is 8.84. The fourth-order valence-electron chi connectivity index (χ4n) is 1.14. The summed E-state index contributed by atoms with van der Waals surface area (Å²) in [5.74, 6) is -0.319. The number of benzene rings is 1. The number of methoxy groups -OCH3 is 1. The number of ether oxygens (including phenoxy) is 1. The van der Waals surface area contributed by atoms with Crippen LogP contribution in [-0.4, -0.2) is 27.2 Å². The van der Waals surface area contributed by atoms with E-state index in [4.69, 9.17) is 10.5 Å². The van der Waals surface area contributed by atoms with Crippen LogP contribution in [0.15, 0.2) is 29.2 Å². The third-order valence-electron chi connectivity index (χ3n) is 2.04. The minimum absolute atomic E-state index is 0.162. The molecule has 0 fully saturated rings. The largest absolute Gasteiger partial charge is 0.497 e. The molecule has 0 aliphatic carbocycles. The van der Waals surface area contributed by atoms with Gasteiger partial charge >= 0.3 is 0 Å². The molecule has 1 rings (SSSR count). The first-order chi connectivity index (χ1) is 7.45. The third kappa shape index (κ3) is 3.23. The van der Waals surface area contributed by atoms with E-state index in [0.29, 0.717) is 5.75 Å². The van der Waals surface area contributed by atoms with Crippen molar-refractivity contribution < 1.29 is 17.9 Å². The summed E-state index contributed by atoms with van der Waals surface area (Å²) in [6.45, 7) is 0. The molecule has 0 aromatic heterocycles. The molecule has 5 nitrogen and oxygen atoms in total. The molecule has 0 aliphatic heterocycles. The van der Waals surface area contributed by atoms with E-state index in [2.05, 4.69) is 0 Å². The number of hydrogen-bond donors (Lipinski definition) is 1. The minimum atomic E-state index is -3.44. The van der Waals surface area contributed by atoms with Crippen molar-refractivity contribution in [3.05, 3.63) is 24.3 Å². The maximum Gasteiger partial charge on any atom is 0.218 e. The van der Waals surface area contributed by atoms with Gasteiger partial charge in [-0.2, -0.15) is 0 Å². The van der Waals surface area contributed by atoms with Gasteiger partial charge in [0.15, 0.2) is 9.84 Å². The summed E-state index contributed by atoms with van der Waals surface area (Å²) in [5.41, 5.74) is 4.90. The van der Waals surface area contributed by atoms with E-state index in [1.807, 2.05) is 0 Å². The first kappa shape index (κ1) is 12.5. The molecule has 0 radical (unpaired) electrons. The van der Waals surface area contributed by atoms with E-state index in [0.717, 1.165) is 0 Å². The van der Waals surface area contributed by atoms with E-state index < -0.39 is 15.7 Å². The van der Waals surface area contributed by atoms with Crippen molar-refractivity contribution >= 4 is 15.7 Å². The van der Waals surface area contributed by atoms with E-state index >= 15 is 0 Å². The van der Waals surface area contributed by atoms with Gasteiger partial charge in [0.2, 0.25) is 5.91 Å². The van der Waals surface area contributed by atoms with E-state index in [1.54, 1.807) is 12.1 Å². The summed E-state index contributed by atoms with van der Waals surface area (Å²) in [6.07, 6.45) is -0.172. The number of primary amides is 1. The van der Waals surface area contributed by atoms with Crippen LogP contribution in [0.1, 0.15) is 6.42 Å². The number of hydrogen-bond acceptors (Lipinski definition) is 4. The van der Waals surface area contributed by atoms with Crippen LogP contribution in [0, 0.1) is 0 Å². The number of sulfone groups is 1. The predicted octanol–water partition coefficient (Wildman–Crippen LogP) is 0.344. The van der Waals surface area contributed by atoms with Crippen molar-refractivity contribution in [2.45, 2.75) is 11.3 Å². The summed E-state index contributed by atoms with van der Waals surface area (Å²) in [5, 5.41) is 0. The second-order valence-electron chi connectivity index (χ2n) is 3.21. The van der Waals surface area contributed by atoms with E-state index in [9.17, 15) is 13.2 Å². The zero-order valence-corrected chi connectivity index (χ0v) is 9.66. The van der Waals surface area contributed by atoms with Gasteiger partial charge in [-0.15, -0.1) is 0 Å².